The van der Waals surface area contributed by atoms with E-state index >= 15 is 0 Å². The number of para-hydroxylation sites is 1. The zero-order valence-electron chi connectivity index (χ0n) is 27.5. The number of rotatable bonds is 4. The summed E-state index contributed by atoms with van der Waals surface area (Å²) in [6, 6.07) is 55.6. The van der Waals surface area contributed by atoms with Crippen LogP contribution in [0.4, 0.5) is 5.69 Å². The summed E-state index contributed by atoms with van der Waals surface area (Å²) in [4.78, 5) is 13.1. The van der Waals surface area contributed by atoms with E-state index in [9.17, 15) is 0 Å². The smallest absolute Gasteiger partial charge is 0.188 e. The molecule has 0 N–H and O–H groups in total. The molecule has 0 bridgehead atoms. The second kappa shape index (κ2) is 11.5. The molecule has 0 fully saturated rings. The van der Waals surface area contributed by atoms with Crippen molar-refractivity contribution in [1.82, 2.24) is 14.5 Å². The first-order chi connectivity index (χ1) is 25.2. The summed E-state index contributed by atoms with van der Waals surface area (Å²) >= 11 is 0. The van der Waals surface area contributed by atoms with Gasteiger partial charge in [0.25, 0.3) is 0 Å². The van der Waals surface area contributed by atoms with Gasteiger partial charge in [-0.15, -0.1) is 0 Å². The predicted octanol–water partition coefficient (Wildman–Crippen LogP) is 12.6. The Balaban J connectivity index is 1.24. The highest BCUT2D eigenvalue weighted by Gasteiger charge is 2.18. The van der Waals surface area contributed by atoms with Crippen LogP contribution in [0.15, 0.2) is 170 Å². The molecule has 0 radical (unpaired) electrons. The number of hydrogen-bond acceptors (Lipinski definition) is 2. The summed E-state index contributed by atoms with van der Waals surface area (Å²) in [5.74, 6) is 0. The summed E-state index contributed by atoms with van der Waals surface area (Å²) in [6.45, 7) is 7.74. The maximum Gasteiger partial charge on any atom is 0.188 e. The second-order valence-corrected chi connectivity index (χ2v) is 12.9. The maximum absolute atomic E-state index is 7.74. The Kier molecular flexibility index (Phi) is 6.52. The lowest BCUT2D eigenvalue weighted by atomic mass is 9.88. The standard InChI is InChI=1S/C47H28N4/c1-48-32-19-21-47-43(27-32)42-26-31(18-20-46(42)51(47)33-10-3-2-4-11-33)38-28-39-36-14-7-8-15-37(36)41(29-40(39)35-13-6-5-12-34(35)38)45-17-9-16-44(50-45)30-22-24-49-25-23-30/h2-29H. The van der Waals surface area contributed by atoms with Crippen LogP contribution in [0, 0.1) is 6.57 Å². The van der Waals surface area contributed by atoms with Crippen LogP contribution in [0.25, 0.3) is 98.3 Å². The average molecular weight is 649 g/mol. The Morgan fingerprint density at radius 3 is 1.76 bits per heavy atom. The summed E-state index contributed by atoms with van der Waals surface area (Å²) in [5, 5.41) is 9.35. The molecule has 0 atom stereocenters. The van der Waals surface area contributed by atoms with Crippen LogP contribution in [-0.4, -0.2) is 14.5 Å². The Morgan fingerprint density at radius 2 is 1.04 bits per heavy atom. The van der Waals surface area contributed by atoms with Gasteiger partial charge < -0.3 is 4.57 Å². The van der Waals surface area contributed by atoms with Crippen LogP contribution < -0.4 is 0 Å². The van der Waals surface area contributed by atoms with Gasteiger partial charge in [0, 0.05) is 34.6 Å². The monoisotopic (exact) mass is 648 g/mol. The minimum Gasteiger partial charge on any atom is -0.309 e. The zero-order valence-corrected chi connectivity index (χ0v) is 27.5. The molecule has 236 valence electrons. The van der Waals surface area contributed by atoms with Crippen molar-refractivity contribution in [2.45, 2.75) is 0 Å². The van der Waals surface area contributed by atoms with Gasteiger partial charge >= 0.3 is 0 Å². The molecule has 0 aliphatic heterocycles. The molecule has 3 heterocycles. The summed E-state index contributed by atoms with van der Waals surface area (Å²) < 4.78 is 2.30. The van der Waals surface area contributed by atoms with Crippen molar-refractivity contribution in [3.8, 4) is 39.3 Å². The number of fused-ring (bicyclic) bond motifs is 8. The van der Waals surface area contributed by atoms with Gasteiger partial charge in [-0.1, -0.05) is 84.9 Å². The van der Waals surface area contributed by atoms with Gasteiger partial charge in [0.1, 0.15) is 0 Å². The lowest BCUT2D eigenvalue weighted by Gasteiger charge is -2.16. The molecule has 51 heavy (non-hydrogen) atoms. The maximum atomic E-state index is 7.74. The third-order valence-electron chi connectivity index (χ3n) is 10.1. The minimum atomic E-state index is 0.638. The SMILES string of the molecule is [C-]#[N+]c1ccc2c(c1)c1cc(-c3cc4c5ccccc5c(-c5cccc(-c6ccncc6)n5)cc4c4ccccc34)ccc1n2-c1ccccc1. The van der Waals surface area contributed by atoms with E-state index in [1.165, 1.54) is 37.9 Å². The first kappa shape index (κ1) is 28.9. The van der Waals surface area contributed by atoms with Crippen LogP contribution in [0.5, 0.6) is 0 Å². The van der Waals surface area contributed by atoms with Crippen LogP contribution in [0.3, 0.4) is 0 Å². The van der Waals surface area contributed by atoms with Crippen molar-refractivity contribution in [3.63, 3.8) is 0 Å². The fourth-order valence-corrected chi connectivity index (χ4v) is 7.77. The van der Waals surface area contributed by atoms with E-state index in [1.54, 1.807) is 0 Å². The van der Waals surface area contributed by atoms with Crippen molar-refractivity contribution >= 4 is 59.8 Å². The van der Waals surface area contributed by atoms with Crippen LogP contribution in [0.2, 0.25) is 0 Å². The van der Waals surface area contributed by atoms with Gasteiger partial charge in [-0.05, 0) is 122 Å². The third kappa shape index (κ3) is 4.60. The number of aromatic nitrogens is 3. The first-order valence-corrected chi connectivity index (χ1v) is 17.0. The van der Waals surface area contributed by atoms with Crippen LogP contribution >= 0.6 is 0 Å². The Morgan fingerprint density at radius 1 is 0.431 bits per heavy atom. The van der Waals surface area contributed by atoms with Gasteiger partial charge in [0.2, 0.25) is 0 Å². The second-order valence-electron chi connectivity index (χ2n) is 12.9. The van der Waals surface area contributed by atoms with Gasteiger partial charge in [0.15, 0.2) is 5.69 Å². The van der Waals surface area contributed by atoms with Crippen molar-refractivity contribution in [2.24, 2.45) is 0 Å². The normalized spacial score (nSPS) is 11.5. The fourth-order valence-electron chi connectivity index (χ4n) is 7.77. The Bertz CT molecular complexity index is 3030. The zero-order chi connectivity index (χ0) is 33.9. The van der Waals surface area contributed by atoms with E-state index in [4.69, 9.17) is 11.6 Å². The molecule has 10 aromatic rings. The average Bonchev–Trinajstić information content (AvgIpc) is 3.53. The Labute approximate surface area is 294 Å². The molecule has 4 heteroatoms. The highest BCUT2D eigenvalue weighted by molar-refractivity contribution is 6.24. The molecule has 4 nitrogen and oxygen atoms in total. The number of pyridine rings is 2. The lowest BCUT2D eigenvalue weighted by molar-refractivity contribution is 1.18. The summed E-state index contributed by atoms with van der Waals surface area (Å²) in [6.07, 6.45) is 3.62. The van der Waals surface area contributed by atoms with E-state index < -0.39 is 0 Å². The summed E-state index contributed by atoms with van der Waals surface area (Å²) in [7, 11) is 0. The number of nitrogens with zero attached hydrogens (tertiary/aromatic N) is 4. The van der Waals surface area contributed by atoms with Crippen LogP contribution in [0.1, 0.15) is 0 Å². The van der Waals surface area contributed by atoms with Gasteiger partial charge in [-0.3, -0.25) is 4.98 Å². The third-order valence-corrected chi connectivity index (χ3v) is 10.1. The molecule has 0 saturated heterocycles. The molecule has 0 saturated carbocycles. The van der Waals surface area contributed by atoms with E-state index in [1.807, 2.05) is 42.7 Å². The summed E-state index contributed by atoms with van der Waals surface area (Å²) in [5.41, 5.74) is 10.3. The van der Waals surface area contributed by atoms with E-state index in [0.717, 1.165) is 55.6 Å². The number of hydrogen-bond donors (Lipinski definition) is 0. The Hall–Kier alpha value is -7.09. The van der Waals surface area contributed by atoms with Crippen molar-refractivity contribution < 1.29 is 0 Å². The van der Waals surface area contributed by atoms with Crippen molar-refractivity contribution in [2.75, 3.05) is 0 Å². The number of benzene rings is 7. The molecule has 0 unspecified atom stereocenters. The molecule has 0 spiro atoms. The molecule has 0 aliphatic carbocycles. The van der Waals surface area contributed by atoms with Gasteiger partial charge in [-0.2, -0.15) is 0 Å². The molecular weight excluding hydrogens is 621 g/mol. The predicted molar refractivity (Wildman–Crippen MR) is 211 cm³/mol. The molecule has 10 rings (SSSR count). The van der Waals surface area contributed by atoms with E-state index in [0.29, 0.717) is 5.69 Å². The largest absolute Gasteiger partial charge is 0.309 e. The molecular formula is C47H28N4. The van der Waals surface area contributed by atoms with Crippen molar-refractivity contribution in [3.05, 3.63) is 182 Å². The quantitative estimate of drug-likeness (QED) is 0.141. The van der Waals surface area contributed by atoms with E-state index in [2.05, 4.69) is 142 Å². The van der Waals surface area contributed by atoms with Crippen molar-refractivity contribution in [1.29, 1.82) is 0 Å². The molecule has 0 aliphatic rings. The fraction of sp³-hybridized carbons (Fsp3) is 0. The molecule has 0 amide bonds. The van der Waals surface area contributed by atoms with Gasteiger partial charge in [-0.25, -0.2) is 9.83 Å². The highest BCUT2D eigenvalue weighted by atomic mass is 15.0. The molecule has 7 aromatic carbocycles. The van der Waals surface area contributed by atoms with E-state index in [-0.39, 0.29) is 0 Å². The highest BCUT2D eigenvalue weighted by Crippen LogP contribution is 2.43. The minimum absolute atomic E-state index is 0.638. The van der Waals surface area contributed by atoms with Crippen LogP contribution in [-0.2, 0) is 0 Å². The first-order valence-electron chi connectivity index (χ1n) is 17.0. The van der Waals surface area contributed by atoms with Gasteiger partial charge in [0.05, 0.1) is 29.0 Å². The lowest BCUT2D eigenvalue weighted by Crippen LogP contribution is -1.93. The topological polar surface area (TPSA) is 35.1 Å². The molecule has 3 aromatic heterocycles.